The van der Waals surface area contributed by atoms with Crippen molar-refractivity contribution in [2.45, 2.75) is 0 Å². The van der Waals surface area contributed by atoms with Crippen LogP contribution in [0.25, 0.3) is 66.6 Å². The summed E-state index contributed by atoms with van der Waals surface area (Å²) < 4.78 is 9.19. The molecule has 1 N–H and O–H groups in total. The largest absolute Gasteiger partial charge is 0.438 e. The lowest BCUT2D eigenvalue weighted by atomic mass is 9.97. The summed E-state index contributed by atoms with van der Waals surface area (Å²) in [6, 6.07) is 30.9. The van der Waals surface area contributed by atoms with E-state index in [9.17, 15) is 4.79 Å². The van der Waals surface area contributed by atoms with Gasteiger partial charge in [-0.3, -0.25) is 14.8 Å². The first kappa shape index (κ1) is 22.9. The molecular weight excluding hydrogens is 516 g/mol. The Labute approximate surface area is 230 Å². The average molecular weight is 535 g/mol. The summed E-state index contributed by atoms with van der Waals surface area (Å²) >= 11 is 0. The highest BCUT2D eigenvalue weighted by molar-refractivity contribution is 6.13. The zero-order valence-corrected chi connectivity index (χ0v) is 21.3. The van der Waals surface area contributed by atoms with Crippen LogP contribution in [0, 0.1) is 5.41 Å². The number of nitrogens with zero attached hydrogens (tertiary/aromatic N) is 7. The molecule has 0 unspecified atom stereocenters. The van der Waals surface area contributed by atoms with Crippen molar-refractivity contribution in [1.29, 1.82) is 5.41 Å². The Morgan fingerprint density at radius 1 is 0.756 bits per heavy atom. The first-order valence-corrected chi connectivity index (χ1v) is 12.8. The van der Waals surface area contributed by atoms with Crippen LogP contribution in [0.4, 0.5) is 0 Å². The molecule has 0 fully saturated rings. The second-order valence-corrected chi connectivity index (χ2v) is 9.53. The third-order valence-electron chi connectivity index (χ3n) is 7.17. The van der Waals surface area contributed by atoms with E-state index in [0.29, 0.717) is 33.4 Å². The van der Waals surface area contributed by atoms with Gasteiger partial charge in [0.25, 0.3) is 5.56 Å². The van der Waals surface area contributed by atoms with E-state index in [0.717, 1.165) is 22.2 Å². The van der Waals surface area contributed by atoms with Gasteiger partial charge in [-0.1, -0.05) is 71.9 Å². The molecule has 10 nitrogen and oxygen atoms in total. The summed E-state index contributed by atoms with van der Waals surface area (Å²) in [6.45, 7) is 0. The van der Waals surface area contributed by atoms with Crippen molar-refractivity contribution in [3.05, 3.63) is 119 Å². The van der Waals surface area contributed by atoms with E-state index in [1.54, 1.807) is 0 Å². The van der Waals surface area contributed by atoms with Gasteiger partial charge in [-0.05, 0) is 41.5 Å². The van der Waals surface area contributed by atoms with Gasteiger partial charge in [0.2, 0.25) is 5.55 Å². The topological polar surface area (TPSA) is 128 Å². The maximum Gasteiger partial charge on any atom is 0.285 e. The molecule has 0 amide bonds. The van der Waals surface area contributed by atoms with E-state index in [2.05, 4.69) is 25.5 Å². The van der Waals surface area contributed by atoms with Crippen LogP contribution >= 0.6 is 0 Å². The Morgan fingerprint density at radius 3 is 2.34 bits per heavy atom. The van der Waals surface area contributed by atoms with Crippen LogP contribution in [-0.4, -0.2) is 34.6 Å². The van der Waals surface area contributed by atoms with Gasteiger partial charge in [0.1, 0.15) is 22.8 Å². The molecule has 3 aromatic carbocycles. The van der Waals surface area contributed by atoms with Crippen LogP contribution in [0.1, 0.15) is 0 Å². The molecule has 0 aliphatic carbocycles. The van der Waals surface area contributed by atoms with Gasteiger partial charge < -0.3 is 4.42 Å². The minimum atomic E-state index is -0.504. The Hall–Kier alpha value is -6.03. The van der Waals surface area contributed by atoms with Gasteiger partial charge in [0.05, 0.1) is 16.6 Å². The molecule has 41 heavy (non-hydrogen) atoms. The van der Waals surface area contributed by atoms with Crippen LogP contribution < -0.4 is 11.1 Å². The molecule has 0 bridgehead atoms. The molecule has 8 rings (SSSR count). The summed E-state index contributed by atoms with van der Waals surface area (Å²) in [6.07, 6.45) is 1.40. The Kier molecular flexibility index (Phi) is 4.89. The van der Waals surface area contributed by atoms with Crippen LogP contribution in [0.3, 0.4) is 0 Å². The molecule has 0 saturated carbocycles. The van der Waals surface area contributed by atoms with Crippen molar-refractivity contribution in [1.82, 2.24) is 34.6 Å². The number of hydrogen-bond donors (Lipinski definition) is 1. The van der Waals surface area contributed by atoms with Gasteiger partial charge in [-0.25, -0.2) is 0 Å². The number of rotatable bonds is 3. The highest BCUT2D eigenvalue weighted by atomic mass is 16.3. The van der Waals surface area contributed by atoms with E-state index in [1.807, 2.05) is 102 Å². The number of aromatic nitrogens is 7. The molecule has 0 aliphatic rings. The quantitative estimate of drug-likeness (QED) is 0.318. The molecule has 5 heterocycles. The second-order valence-electron chi connectivity index (χ2n) is 9.53. The maximum absolute atomic E-state index is 13.7. The fourth-order valence-electron chi connectivity index (χ4n) is 5.34. The Bertz CT molecular complexity index is 2410. The van der Waals surface area contributed by atoms with Crippen LogP contribution in [0.2, 0.25) is 0 Å². The summed E-state index contributed by atoms with van der Waals surface area (Å²) in [7, 11) is 0. The highest BCUT2D eigenvalue weighted by Gasteiger charge is 2.23. The normalized spacial score (nSPS) is 11.6. The molecule has 0 saturated heterocycles. The van der Waals surface area contributed by atoms with Crippen molar-refractivity contribution < 1.29 is 4.42 Å². The van der Waals surface area contributed by atoms with Crippen LogP contribution in [-0.2, 0) is 0 Å². The predicted molar refractivity (Wildman–Crippen MR) is 153 cm³/mol. The molecule has 0 radical (unpaired) electrons. The molecule has 0 atom stereocenters. The SMILES string of the molecule is N=c1oc2ccccc2cc1-c1cc(-c2ccccc2)c2c3nnn4cnnc4c3c(=O)nc2n1-c1ccccc1. The van der Waals surface area contributed by atoms with Crippen molar-refractivity contribution in [3.63, 3.8) is 0 Å². The molecule has 0 aliphatic heterocycles. The minimum Gasteiger partial charge on any atom is -0.438 e. The van der Waals surface area contributed by atoms with Crippen molar-refractivity contribution >= 4 is 38.6 Å². The lowest BCUT2D eigenvalue weighted by Gasteiger charge is -2.20. The van der Waals surface area contributed by atoms with E-state index in [4.69, 9.17) is 9.83 Å². The Balaban J connectivity index is 1.63. The zero-order valence-electron chi connectivity index (χ0n) is 21.3. The molecule has 5 aromatic heterocycles. The van der Waals surface area contributed by atoms with Gasteiger partial charge in [0.15, 0.2) is 11.3 Å². The standard InChI is InChI=1S/C31H18N8O2/c32-28-22(15-19-11-7-8-14-24(19)41-28)23-16-21(18-9-3-1-4-10-18)25-27-26(30-36-33-17-38(30)37-35-27)31(40)34-29(25)39(23)20-12-5-2-6-13-20/h1-17,32H. The van der Waals surface area contributed by atoms with Crippen LogP contribution in [0.15, 0.2) is 113 Å². The summed E-state index contributed by atoms with van der Waals surface area (Å²) in [4.78, 5) is 18.3. The van der Waals surface area contributed by atoms with Crippen molar-refractivity contribution in [2.75, 3.05) is 0 Å². The predicted octanol–water partition coefficient (Wildman–Crippen LogP) is 4.93. The summed E-state index contributed by atoms with van der Waals surface area (Å²) in [5.41, 5.74) is 4.68. The van der Waals surface area contributed by atoms with Gasteiger partial charge >= 0.3 is 0 Å². The number of benzene rings is 3. The molecule has 8 aromatic rings. The fourth-order valence-corrected chi connectivity index (χ4v) is 5.34. The van der Waals surface area contributed by atoms with Crippen molar-refractivity contribution in [3.8, 4) is 28.1 Å². The first-order chi connectivity index (χ1) is 20.2. The lowest BCUT2D eigenvalue weighted by molar-refractivity contribution is 0.535. The van der Waals surface area contributed by atoms with Gasteiger partial charge in [-0.15, -0.1) is 15.3 Å². The molecular formula is C31H18N8O2. The van der Waals surface area contributed by atoms with Gasteiger partial charge in [0, 0.05) is 11.1 Å². The average Bonchev–Trinajstić information content (AvgIpc) is 3.50. The van der Waals surface area contributed by atoms with E-state index in [1.165, 1.54) is 10.8 Å². The first-order valence-electron chi connectivity index (χ1n) is 12.8. The summed E-state index contributed by atoms with van der Waals surface area (Å²) in [5, 5.41) is 27.3. The summed E-state index contributed by atoms with van der Waals surface area (Å²) in [5.74, 6) is 0. The Morgan fingerprint density at radius 2 is 1.51 bits per heavy atom. The number of para-hydroxylation sites is 2. The second kappa shape index (κ2) is 8.75. The third kappa shape index (κ3) is 3.47. The third-order valence-corrected chi connectivity index (χ3v) is 7.17. The number of pyridine rings is 2. The van der Waals surface area contributed by atoms with E-state index < -0.39 is 5.56 Å². The highest BCUT2D eigenvalue weighted by Crippen LogP contribution is 2.37. The number of fused-ring (bicyclic) bond motifs is 6. The number of nitrogens with one attached hydrogen (secondary N) is 1. The smallest absolute Gasteiger partial charge is 0.285 e. The van der Waals surface area contributed by atoms with Crippen LogP contribution in [0.5, 0.6) is 0 Å². The monoisotopic (exact) mass is 534 g/mol. The van der Waals surface area contributed by atoms with E-state index >= 15 is 0 Å². The lowest BCUT2D eigenvalue weighted by Crippen LogP contribution is -2.17. The molecule has 0 spiro atoms. The number of hydrogen-bond acceptors (Lipinski definition) is 8. The zero-order chi connectivity index (χ0) is 27.5. The fraction of sp³-hybridized carbons (Fsp3) is 0. The molecule has 10 heteroatoms. The van der Waals surface area contributed by atoms with E-state index in [-0.39, 0.29) is 16.6 Å². The molecule has 194 valence electrons. The minimum absolute atomic E-state index is 0.0140. The van der Waals surface area contributed by atoms with Gasteiger partial charge in [-0.2, -0.15) is 9.50 Å². The maximum atomic E-state index is 13.7. The van der Waals surface area contributed by atoms with Crippen molar-refractivity contribution in [2.24, 2.45) is 0 Å².